The maximum Gasteiger partial charge on any atom is 0.0713 e. The molecule has 1 aliphatic carbocycles. The van der Waals surface area contributed by atoms with E-state index in [1.165, 1.54) is 92.5 Å². The quantitative estimate of drug-likeness (QED) is 0.140. The van der Waals surface area contributed by atoms with E-state index in [1.807, 2.05) is 11.3 Å². The zero-order valence-corrected chi connectivity index (χ0v) is 38.7. The van der Waals surface area contributed by atoms with Gasteiger partial charge in [-0.05, 0) is 139 Å². The first kappa shape index (κ1) is 40.7. The van der Waals surface area contributed by atoms with Crippen LogP contribution < -0.4 is 4.90 Å². The fourth-order valence-electron chi connectivity index (χ4n) is 10.9. The van der Waals surface area contributed by atoms with Crippen LogP contribution in [0.4, 0.5) is 17.1 Å². The second-order valence-corrected chi connectivity index (χ2v) is 19.1. The van der Waals surface area contributed by atoms with Crippen molar-refractivity contribution in [1.82, 2.24) is 0 Å². The lowest BCUT2D eigenvalue weighted by molar-refractivity contribution is 0.768. The minimum Gasteiger partial charge on any atom is -0.310 e. The lowest BCUT2D eigenvalue weighted by Gasteiger charge is -2.33. The van der Waals surface area contributed by atoms with Gasteiger partial charge in [0, 0.05) is 37.2 Å². The van der Waals surface area contributed by atoms with E-state index in [1.54, 1.807) is 0 Å². The first-order chi connectivity index (χ1) is 34.2. The van der Waals surface area contributed by atoms with Crippen LogP contribution in [0.3, 0.4) is 0 Å². The Morgan fingerprint density at radius 2 is 0.710 bits per heavy atom. The third-order valence-electron chi connectivity index (χ3n) is 14.2. The van der Waals surface area contributed by atoms with Gasteiger partial charge in [-0.3, -0.25) is 0 Å². The van der Waals surface area contributed by atoms with E-state index in [0.29, 0.717) is 0 Å². The van der Waals surface area contributed by atoms with Crippen LogP contribution in [-0.4, -0.2) is 0 Å². The molecular weight excluding hydrogens is 851 g/mol. The fourth-order valence-corrected chi connectivity index (χ4v) is 12.0. The number of hydrogen-bond acceptors (Lipinski definition) is 2. The number of fused-ring (bicyclic) bond motifs is 6. The summed E-state index contributed by atoms with van der Waals surface area (Å²) in [6, 6.07) is 100. The summed E-state index contributed by atoms with van der Waals surface area (Å²) in [5.74, 6) is 0. The normalized spacial score (nSPS) is 12.5. The van der Waals surface area contributed by atoms with Gasteiger partial charge in [0.05, 0.1) is 5.41 Å². The molecule has 324 valence electrons. The van der Waals surface area contributed by atoms with Gasteiger partial charge in [-0.25, -0.2) is 0 Å². The average molecular weight is 896 g/mol. The molecule has 0 bridgehead atoms. The van der Waals surface area contributed by atoms with Crippen molar-refractivity contribution in [2.45, 2.75) is 5.41 Å². The van der Waals surface area contributed by atoms with Crippen molar-refractivity contribution in [2.24, 2.45) is 0 Å². The molecule has 1 aliphatic rings. The lowest BCUT2D eigenvalue weighted by atomic mass is 9.67. The number of anilines is 3. The molecule has 0 radical (unpaired) electrons. The van der Waals surface area contributed by atoms with Crippen molar-refractivity contribution in [1.29, 1.82) is 0 Å². The Hall–Kier alpha value is -8.56. The molecule has 0 amide bonds. The summed E-state index contributed by atoms with van der Waals surface area (Å²) >= 11 is 1.86. The highest BCUT2D eigenvalue weighted by Crippen LogP contribution is 2.56. The summed E-state index contributed by atoms with van der Waals surface area (Å²) in [6.45, 7) is 0. The van der Waals surface area contributed by atoms with E-state index in [4.69, 9.17) is 0 Å². The standard InChI is InChI=1S/C67H45NS/c1-4-15-46(16-5-1)47-31-37-56(38-32-47)68(57-39-33-50(34-40-57)53-36-42-66-62(45-53)60-24-11-13-26-65(60)69-66)58-22-14-17-51(43-58)48-27-29-49(30-28-48)52-35-41-64-61(44-52)59-23-10-12-25-63(59)67(64,54-18-6-2-7-19-54)55-20-8-3-9-21-55/h1-45H. The van der Waals surface area contributed by atoms with Crippen molar-refractivity contribution < 1.29 is 0 Å². The van der Waals surface area contributed by atoms with Gasteiger partial charge >= 0.3 is 0 Å². The van der Waals surface area contributed by atoms with Crippen molar-refractivity contribution >= 4 is 48.6 Å². The molecule has 11 aromatic carbocycles. The highest BCUT2D eigenvalue weighted by Gasteiger charge is 2.46. The van der Waals surface area contributed by atoms with Gasteiger partial charge in [-0.15, -0.1) is 11.3 Å². The molecular formula is C67H45NS. The van der Waals surface area contributed by atoms with Crippen LogP contribution in [0.1, 0.15) is 22.3 Å². The van der Waals surface area contributed by atoms with E-state index < -0.39 is 5.41 Å². The van der Waals surface area contributed by atoms with Gasteiger partial charge in [0.1, 0.15) is 0 Å². The Bertz CT molecular complexity index is 3760. The molecule has 0 saturated carbocycles. The molecule has 0 N–H and O–H groups in total. The van der Waals surface area contributed by atoms with Gasteiger partial charge < -0.3 is 4.90 Å². The number of hydrogen-bond donors (Lipinski definition) is 0. The number of thiophene rings is 1. The molecule has 2 heteroatoms. The minimum atomic E-state index is -0.406. The molecule has 1 heterocycles. The summed E-state index contributed by atoms with van der Waals surface area (Å²) in [5.41, 5.74) is 20.2. The Morgan fingerprint density at radius 3 is 1.38 bits per heavy atom. The lowest BCUT2D eigenvalue weighted by Crippen LogP contribution is -2.28. The molecule has 69 heavy (non-hydrogen) atoms. The fraction of sp³-hybridized carbons (Fsp3) is 0.0149. The van der Waals surface area contributed by atoms with E-state index in [9.17, 15) is 0 Å². The Morgan fingerprint density at radius 1 is 0.261 bits per heavy atom. The Balaban J connectivity index is 0.850. The number of nitrogens with zero attached hydrogens (tertiary/aromatic N) is 1. The summed E-state index contributed by atoms with van der Waals surface area (Å²) in [6.07, 6.45) is 0. The van der Waals surface area contributed by atoms with Crippen molar-refractivity contribution in [2.75, 3.05) is 4.90 Å². The van der Waals surface area contributed by atoms with Crippen LogP contribution in [0.2, 0.25) is 0 Å². The third kappa shape index (κ3) is 7.00. The van der Waals surface area contributed by atoms with Gasteiger partial charge in [0.25, 0.3) is 0 Å². The average Bonchev–Trinajstić information content (AvgIpc) is 3.95. The first-order valence-corrected chi connectivity index (χ1v) is 24.5. The van der Waals surface area contributed by atoms with Gasteiger partial charge in [-0.2, -0.15) is 0 Å². The largest absolute Gasteiger partial charge is 0.310 e. The second-order valence-electron chi connectivity index (χ2n) is 18.0. The molecule has 1 nitrogen and oxygen atoms in total. The molecule has 0 spiro atoms. The SMILES string of the molecule is c1ccc(-c2ccc(N(c3ccc(-c4ccc5sc6ccccc6c5c4)cc3)c3cccc(-c4ccc(-c5ccc6c(c5)-c5ccccc5C6(c5ccccc5)c5ccccc5)cc4)c3)cc2)cc1. The Labute approximate surface area is 407 Å². The van der Waals surface area contributed by atoms with Crippen LogP contribution in [-0.2, 0) is 5.41 Å². The molecule has 0 aliphatic heterocycles. The molecule has 0 unspecified atom stereocenters. The highest BCUT2D eigenvalue weighted by atomic mass is 32.1. The highest BCUT2D eigenvalue weighted by molar-refractivity contribution is 7.25. The first-order valence-electron chi connectivity index (χ1n) is 23.7. The predicted octanol–water partition coefficient (Wildman–Crippen LogP) is 18.6. The predicted molar refractivity (Wildman–Crippen MR) is 293 cm³/mol. The van der Waals surface area contributed by atoms with E-state index in [2.05, 4.69) is 278 Å². The third-order valence-corrected chi connectivity index (χ3v) is 15.3. The monoisotopic (exact) mass is 895 g/mol. The van der Waals surface area contributed by atoms with Gasteiger partial charge in [0.15, 0.2) is 0 Å². The number of rotatable bonds is 9. The van der Waals surface area contributed by atoms with Gasteiger partial charge in [0.2, 0.25) is 0 Å². The summed E-state index contributed by atoms with van der Waals surface area (Å²) < 4.78 is 2.65. The molecule has 1 aromatic heterocycles. The van der Waals surface area contributed by atoms with E-state index >= 15 is 0 Å². The second kappa shape index (κ2) is 16.9. The van der Waals surface area contributed by atoms with E-state index in [-0.39, 0.29) is 0 Å². The Kier molecular flexibility index (Phi) is 10.00. The van der Waals surface area contributed by atoms with Crippen molar-refractivity contribution in [3.63, 3.8) is 0 Å². The van der Waals surface area contributed by atoms with Crippen molar-refractivity contribution in [3.05, 3.63) is 295 Å². The number of benzene rings is 11. The molecule has 0 fully saturated rings. The molecule has 0 saturated heterocycles. The minimum absolute atomic E-state index is 0.406. The maximum absolute atomic E-state index is 2.41. The summed E-state index contributed by atoms with van der Waals surface area (Å²) in [4.78, 5) is 2.37. The van der Waals surface area contributed by atoms with Crippen LogP contribution in [0.25, 0.3) is 75.8 Å². The molecule has 13 rings (SSSR count). The van der Waals surface area contributed by atoms with Crippen LogP contribution in [0.5, 0.6) is 0 Å². The summed E-state index contributed by atoms with van der Waals surface area (Å²) in [7, 11) is 0. The summed E-state index contributed by atoms with van der Waals surface area (Å²) in [5, 5.41) is 2.63. The maximum atomic E-state index is 2.41. The molecule has 12 aromatic rings. The van der Waals surface area contributed by atoms with Gasteiger partial charge in [-0.1, -0.05) is 212 Å². The van der Waals surface area contributed by atoms with Crippen LogP contribution in [0, 0.1) is 0 Å². The smallest absolute Gasteiger partial charge is 0.0713 e. The molecule has 0 atom stereocenters. The van der Waals surface area contributed by atoms with Crippen LogP contribution in [0.15, 0.2) is 273 Å². The topological polar surface area (TPSA) is 3.24 Å². The van der Waals surface area contributed by atoms with Crippen molar-refractivity contribution in [3.8, 4) is 55.6 Å². The van der Waals surface area contributed by atoms with Crippen LogP contribution >= 0.6 is 11.3 Å². The zero-order valence-electron chi connectivity index (χ0n) is 37.8. The zero-order chi connectivity index (χ0) is 45.7. The van der Waals surface area contributed by atoms with E-state index in [0.717, 1.165) is 22.6 Å².